The highest BCUT2D eigenvalue weighted by atomic mass is 16.2. The zero-order chi connectivity index (χ0) is 11.9. The molecule has 2 amide bonds. The Morgan fingerprint density at radius 1 is 1.19 bits per heavy atom. The molecule has 86 valence electrons. The van der Waals surface area contributed by atoms with E-state index in [1.807, 2.05) is 39.0 Å². The van der Waals surface area contributed by atoms with Crippen molar-refractivity contribution >= 4 is 11.7 Å². The maximum atomic E-state index is 11.7. The molecular weight excluding hydrogens is 202 g/mol. The Morgan fingerprint density at radius 3 is 2.38 bits per heavy atom. The lowest BCUT2D eigenvalue weighted by Crippen LogP contribution is -2.45. The molecule has 0 unspecified atom stereocenters. The van der Waals surface area contributed by atoms with Crippen molar-refractivity contribution in [3.05, 3.63) is 29.3 Å². The van der Waals surface area contributed by atoms with Crippen molar-refractivity contribution < 1.29 is 4.79 Å². The van der Waals surface area contributed by atoms with Gasteiger partial charge in [0.2, 0.25) is 0 Å². The number of nitrogens with one attached hydrogen (secondary N) is 2. The summed E-state index contributed by atoms with van der Waals surface area (Å²) in [6.07, 6.45) is 0. The van der Waals surface area contributed by atoms with Crippen LogP contribution in [0.1, 0.15) is 25.0 Å². The first kappa shape index (κ1) is 11.0. The Kier molecular flexibility index (Phi) is 2.39. The Bertz CT molecular complexity index is 440. The van der Waals surface area contributed by atoms with E-state index in [0.717, 1.165) is 5.69 Å². The fourth-order valence-electron chi connectivity index (χ4n) is 1.73. The van der Waals surface area contributed by atoms with Gasteiger partial charge in [0.05, 0.1) is 5.69 Å². The van der Waals surface area contributed by atoms with E-state index in [1.165, 1.54) is 11.1 Å². The number of urea groups is 1. The van der Waals surface area contributed by atoms with Gasteiger partial charge < -0.3 is 5.32 Å². The molecule has 1 aromatic carbocycles. The lowest BCUT2D eigenvalue weighted by atomic mass is 10.1. The number of hydrazine groups is 1. The van der Waals surface area contributed by atoms with E-state index in [-0.39, 0.29) is 6.03 Å². The first-order valence-corrected chi connectivity index (χ1v) is 5.36. The van der Waals surface area contributed by atoms with Crippen LogP contribution < -0.4 is 15.8 Å². The molecule has 0 spiro atoms. The van der Waals surface area contributed by atoms with Gasteiger partial charge in [-0.15, -0.1) is 0 Å². The number of carbonyl (C=O) groups is 1. The third kappa shape index (κ3) is 1.88. The van der Waals surface area contributed by atoms with E-state index in [0.29, 0.717) is 0 Å². The minimum Gasteiger partial charge on any atom is -0.317 e. The van der Waals surface area contributed by atoms with Crippen LogP contribution in [-0.2, 0) is 0 Å². The number of aryl methyl sites for hydroxylation is 2. The van der Waals surface area contributed by atoms with Crippen molar-refractivity contribution in [2.45, 2.75) is 33.4 Å². The van der Waals surface area contributed by atoms with E-state index in [2.05, 4.69) is 17.7 Å². The molecule has 1 aliphatic heterocycles. The van der Waals surface area contributed by atoms with Crippen molar-refractivity contribution in [1.82, 2.24) is 10.7 Å². The molecule has 0 aromatic heterocycles. The third-order valence-electron chi connectivity index (χ3n) is 2.76. The number of benzene rings is 1. The molecule has 16 heavy (non-hydrogen) atoms. The molecule has 0 radical (unpaired) electrons. The van der Waals surface area contributed by atoms with Crippen LogP contribution in [0.25, 0.3) is 0 Å². The second-order valence-electron chi connectivity index (χ2n) is 4.77. The molecule has 4 nitrogen and oxygen atoms in total. The van der Waals surface area contributed by atoms with Gasteiger partial charge in [-0.3, -0.25) is 0 Å². The van der Waals surface area contributed by atoms with Crippen molar-refractivity contribution in [2.75, 3.05) is 5.01 Å². The van der Waals surface area contributed by atoms with E-state index >= 15 is 0 Å². The normalized spacial score (nSPS) is 18.8. The first-order chi connectivity index (χ1) is 7.39. The first-order valence-electron chi connectivity index (χ1n) is 5.36. The van der Waals surface area contributed by atoms with E-state index in [1.54, 1.807) is 5.01 Å². The SMILES string of the molecule is Cc1ccc(N2NC(C)(C)NC2=O)cc1C. The topological polar surface area (TPSA) is 44.4 Å². The third-order valence-corrected chi connectivity index (χ3v) is 2.76. The Morgan fingerprint density at radius 2 is 1.88 bits per heavy atom. The standard InChI is InChI=1S/C12H17N3O/c1-8-5-6-10(7-9(8)2)15-11(16)13-12(3,4)14-15/h5-7,14H,1-4H3,(H,13,16). The van der Waals surface area contributed by atoms with Gasteiger partial charge in [0.15, 0.2) is 0 Å². The lowest BCUT2D eigenvalue weighted by molar-refractivity contribution is 0.248. The summed E-state index contributed by atoms with van der Waals surface area (Å²) in [5.41, 5.74) is 5.99. The number of amides is 2. The van der Waals surface area contributed by atoms with Crippen LogP contribution in [0.2, 0.25) is 0 Å². The molecule has 1 fully saturated rings. The minimum absolute atomic E-state index is 0.117. The number of anilines is 1. The summed E-state index contributed by atoms with van der Waals surface area (Å²) < 4.78 is 0. The monoisotopic (exact) mass is 219 g/mol. The molecule has 0 bridgehead atoms. The summed E-state index contributed by atoms with van der Waals surface area (Å²) in [5, 5.41) is 4.40. The number of carbonyl (C=O) groups excluding carboxylic acids is 1. The molecule has 1 aliphatic rings. The maximum absolute atomic E-state index is 11.7. The number of hydrogen-bond donors (Lipinski definition) is 2. The van der Waals surface area contributed by atoms with Gasteiger partial charge in [-0.2, -0.15) is 0 Å². The van der Waals surface area contributed by atoms with Gasteiger partial charge in [0.1, 0.15) is 5.66 Å². The summed E-state index contributed by atoms with van der Waals surface area (Å²) in [7, 11) is 0. The van der Waals surface area contributed by atoms with Crippen LogP contribution in [0.5, 0.6) is 0 Å². The Balaban J connectivity index is 2.32. The molecule has 2 N–H and O–H groups in total. The van der Waals surface area contributed by atoms with Gasteiger partial charge in [-0.25, -0.2) is 15.2 Å². The van der Waals surface area contributed by atoms with Crippen LogP contribution in [0.4, 0.5) is 10.5 Å². The summed E-state index contributed by atoms with van der Waals surface area (Å²) in [6, 6.07) is 5.85. The van der Waals surface area contributed by atoms with Gasteiger partial charge >= 0.3 is 6.03 Å². The molecule has 4 heteroatoms. The molecule has 0 atom stereocenters. The quantitative estimate of drug-likeness (QED) is 0.759. The maximum Gasteiger partial charge on any atom is 0.338 e. The minimum atomic E-state index is -0.393. The molecule has 2 rings (SSSR count). The van der Waals surface area contributed by atoms with Crippen molar-refractivity contribution in [3.8, 4) is 0 Å². The summed E-state index contributed by atoms with van der Waals surface area (Å²) in [4.78, 5) is 11.7. The predicted molar refractivity (Wildman–Crippen MR) is 64.1 cm³/mol. The van der Waals surface area contributed by atoms with Gasteiger partial charge in [0, 0.05) is 0 Å². The van der Waals surface area contributed by atoms with Crippen LogP contribution in [-0.4, -0.2) is 11.7 Å². The molecule has 0 aliphatic carbocycles. The molecule has 1 aromatic rings. The van der Waals surface area contributed by atoms with Crippen LogP contribution in [0.15, 0.2) is 18.2 Å². The number of nitrogens with zero attached hydrogens (tertiary/aromatic N) is 1. The smallest absolute Gasteiger partial charge is 0.317 e. The molecule has 1 heterocycles. The molecule has 0 saturated carbocycles. The second kappa shape index (κ2) is 3.49. The van der Waals surface area contributed by atoms with Crippen LogP contribution in [0, 0.1) is 13.8 Å². The Hall–Kier alpha value is -1.55. The summed E-state index contributed by atoms with van der Waals surface area (Å²) in [6.45, 7) is 7.94. The van der Waals surface area contributed by atoms with E-state index in [9.17, 15) is 4.79 Å². The summed E-state index contributed by atoms with van der Waals surface area (Å²) >= 11 is 0. The molecular formula is C12H17N3O. The van der Waals surface area contributed by atoms with Gasteiger partial charge in [0.25, 0.3) is 0 Å². The summed E-state index contributed by atoms with van der Waals surface area (Å²) in [5.74, 6) is 0. The van der Waals surface area contributed by atoms with Crippen LogP contribution in [0.3, 0.4) is 0 Å². The number of hydrogen-bond acceptors (Lipinski definition) is 2. The Labute approximate surface area is 95.6 Å². The second-order valence-corrected chi connectivity index (χ2v) is 4.77. The fourth-order valence-corrected chi connectivity index (χ4v) is 1.73. The average molecular weight is 219 g/mol. The van der Waals surface area contributed by atoms with Gasteiger partial charge in [-0.05, 0) is 51.0 Å². The zero-order valence-electron chi connectivity index (χ0n) is 10.1. The van der Waals surface area contributed by atoms with Crippen molar-refractivity contribution in [1.29, 1.82) is 0 Å². The fraction of sp³-hybridized carbons (Fsp3) is 0.417. The largest absolute Gasteiger partial charge is 0.338 e. The number of rotatable bonds is 1. The van der Waals surface area contributed by atoms with Crippen molar-refractivity contribution in [2.24, 2.45) is 0 Å². The highest BCUT2D eigenvalue weighted by molar-refractivity contribution is 5.93. The highest BCUT2D eigenvalue weighted by Gasteiger charge is 2.34. The zero-order valence-corrected chi connectivity index (χ0v) is 10.1. The van der Waals surface area contributed by atoms with Crippen LogP contribution >= 0.6 is 0 Å². The van der Waals surface area contributed by atoms with E-state index in [4.69, 9.17) is 0 Å². The predicted octanol–water partition coefficient (Wildman–Crippen LogP) is 2.07. The van der Waals surface area contributed by atoms with E-state index < -0.39 is 5.66 Å². The molecule has 1 saturated heterocycles. The van der Waals surface area contributed by atoms with Gasteiger partial charge in [-0.1, -0.05) is 6.07 Å². The average Bonchev–Trinajstić information content (AvgIpc) is 2.45. The lowest BCUT2D eigenvalue weighted by Gasteiger charge is -2.20. The van der Waals surface area contributed by atoms with Crippen molar-refractivity contribution in [3.63, 3.8) is 0 Å². The highest BCUT2D eigenvalue weighted by Crippen LogP contribution is 2.21.